The third-order valence-electron chi connectivity index (χ3n) is 12.4. The fourth-order valence-electron chi connectivity index (χ4n) is 7.79. The van der Waals surface area contributed by atoms with Crippen LogP contribution in [0.25, 0.3) is 0 Å². The molecule has 0 rings (SSSR count). The van der Waals surface area contributed by atoms with E-state index < -0.39 is 6.10 Å². The first-order valence-corrected chi connectivity index (χ1v) is 31.3. The number of unbranched alkanes of at least 4 members (excludes halogenated alkanes) is 13. The van der Waals surface area contributed by atoms with Crippen LogP contribution < -0.4 is 0 Å². The van der Waals surface area contributed by atoms with Gasteiger partial charge in [-0.25, -0.2) is 0 Å². The molecule has 440 valence electrons. The van der Waals surface area contributed by atoms with Crippen molar-refractivity contribution in [1.82, 2.24) is 0 Å². The molecule has 0 aliphatic heterocycles. The van der Waals surface area contributed by atoms with Gasteiger partial charge in [-0.1, -0.05) is 261 Å². The molecule has 0 aliphatic rings. The minimum atomic E-state index is -0.807. The number of ether oxygens (including phenoxy) is 3. The number of esters is 3. The lowest BCUT2D eigenvalue weighted by atomic mass is 10.1. The van der Waals surface area contributed by atoms with Crippen molar-refractivity contribution in [2.45, 2.75) is 245 Å². The lowest BCUT2D eigenvalue weighted by Crippen LogP contribution is -2.30. The number of carbonyl (C=O) groups excluding carboxylic acids is 3. The van der Waals surface area contributed by atoms with Crippen LogP contribution in [-0.2, 0) is 28.6 Å². The summed E-state index contributed by atoms with van der Waals surface area (Å²) in [5.74, 6) is -0.974. The average Bonchev–Trinajstić information content (AvgIpc) is 3.45. The summed E-state index contributed by atoms with van der Waals surface area (Å²) in [7, 11) is 0. The zero-order valence-corrected chi connectivity index (χ0v) is 50.3. The highest BCUT2D eigenvalue weighted by Gasteiger charge is 2.19. The number of carbonyl (C=O) groups is 3. The predicted molar refractivity (Wildman–Crippen MR) is 343 cm³/mol. The smallest absolute Gasteiger partial charge is 0.306 e. The van der Waals surface area contributed by atoms with E-state index in [0.29, 0.717) is 19.3 Å². The Kier molecular flexibility index (Phi) is 60.5. The lowest BCUT2D eigenvalue weighted by Gasteiger charge is -2.18. The second-order valence-corrected chi connectivity index (χ2v) is 19.9. The topological polar surface area (TPSA) is 78.9 Å². The van der Waals surface area contributed by atoms with Gasteiger partial charge in [0.1, 0.15) is 13.2 Å². The molecule has 6 heteroatoms. The van der Waals surface area contributed by atoms with E-state index in [1.165, 1.54) is 0 Å². The summed E-state index contributed by atoms with van der Waals surface area (Å²) in [5, 5.41) is 0. The lowest BCUT2D eigenvalue weighted by molar-refractivity contribution is -0.167. The van der Waals surface area contributed by atoms with Crippen molar-refractivity contribution in [3.63, 3.8) is 0 Å². The molecule has 1 unspecified atom stereocenters. The molecule has 0 spiro atoms. The van der Waals surface area contributed by atoms with Crippen molar-refractivity contribution in [1.29, 1.82) is 0 Å². The molecule has 79 heavy (non-hydrogen) atoms. The first-order chi connectivity index (χ1) is 39.0. The molecule has 0 saturated carbocycles. The molecule has 0 fully saturated rings. The second-order valence-electron chi connectivity index (χ2n) is 19.9. The molecule has 0 bridgehead atoms. The van der Waals surface area contributed by atoms with E-state index in [2.05, 4.69) is 203 Å². The Bertz CT molecular complexity index is 1870. The van der Waals surface area contributed by atoms with Gasteiger partial charge < -0.3 is 14.2 Å². The standard InChI is InChI=1S/C73H112O6/c1-4-7-10-13-15-17-19-21-23-25-27-29-31-33-35-36-38-39-41-43-45-47-49-51-53-55-57-60-63-66-72(75)78-69-70(68-77-71(74)65-62-59-12-9-6-3)79-73(76)67-64-61-58-56-54-52-50-48-46-44-42-40-37-34-32-30-28-26-24-22-20-18-16-14-11-8-5-2/h7-8,10-11,15-18,21-24,27-30,33-35,37-39,42-45,48-51,70H,4-6,9,12-14,19-20,25-26,31-32,36,40-41,46-47,52-69H2,1-3H3/b10-7-,11-8-,17-15-,18-16-,23-21-,24-22-,29-27-,30-28-,35-33-,37-34-,39-38-,44-42-,45-43-,50-48-,51-49-. The zero-order valence-electron chi connectivity index (χ0n) is 50.3. The monoisotopic (exact) mass is 1080 g/mol. The Morgan fingerprint density at radius 2 is 0.494 bits per heavy atom. The van der Waals surface area contributed by atoms with Gasteiger partial charge in [0.15, 0.2) is 6.10 Å². The van der Waals surface area contributed by atoms with Crippen molar-refractivity contribution in [3.05, 3.63) is 182 Å². The Morgan fingerprint density at radius 1 is 0.266 bits per heavy atom. The highest BCUT2D eigenvalue weighted by Crippen LogP contribution is 2.13. The second kappa shape index (κ2) is 65.0. The van der Waals surface area contributed by atoms with Gasteiger partial charge in [-0.05, 0) is 141 Å². The molecule has 6 nitrogen and oxygen atoms in total. The average molecular weight is 1090 g/mol. The van der Waals surface area contributed by atoms with E-state index in [0.717, 1.165) is 199 Å². The van der Waals surface area contributed by atoms with Crippen LogP contribution in [0.1, 0.15) is 239 Å². The number of hydrogen-bond acceptors (Lipinski definition) is 6. The maximum absolute atomic E-state index is 12.8. The molecule has 0 radical (unpaired) electrons. The van der Waals surface area contributed by atoms with Crippen LogP contribution in [0.15, 0.2) is 182 Å². The van der Waals surface area contributed by atoms with Crippen molar-refractivity contribution in [3.8, 4) is 0 Å². The molecular formula is C73H112O6. The summed E-state index contributed by atoms with van der Waals surface area (Å²) in [6, 6.07) is 0. The quantitative estimate of drug-likeness (QED) is 0.0261. The highest BCUT2D eigenvalue weighted by atomic mass is 16.6. The van der Waals surface area contributed by atoms with Gasteiger partial charge in [-0.2, -0.15) is 0 Å². The van der Waals surface area contributed by atoms with Crippen molar-refractivity contribution < 1.29 is 28.6 Å². The van der Waals surface area contributed by atoms with Gasteiger partial charge in [-0.15, -0.1) is 0 Å². The molecule has 0 aromatic rings. The van der Waals surface area contributed by atoms with Crippen LogP contribution in [0.5, 0.6) is 0 Å². The summed E-state index contributed by atoms with van der Waals surface area (Å²) in [6.45, 7) is 6.27. The summed E-state index contributed by atoms with van der Waals surface area (Å²) < 4.78 is 16.7. The van der Waals surface area contributed by atoms with Crippen molar-refractivity contribution in [2.75, 3.05) is 13.2 Å². The first-order valence-electron chi connectivity index (χ1n) is 31.3. The number of hydrogen-bond donors (Lipinski definition) is 0. The summed E-state index contributed by atoms with van der Waals surface area (Å²) >= 11 is 0. The van der Waals surface area contributed by atoms with Crippen LogP contribution in [0, 0.1) is 0 Å². The van der Waals surface area contributed by atoms with E-state index in [-0.39, 0.29) is 31.1 Å². The van der Waals surface area contributed by atoms with Crippen molar-refractivity contribution >= 4 is 17.9 Å². The number of rotatable bonds is 54. The molecule has 0 saturated heterocycles. The normalized spacial score (nSPS) is 13.4. The van der Waals surface area contributed by atoms with Gasteiger partial charge in [0.2, 0.25) is 0 Å². The van der Waals surface area contributed by atoms with Gasteiger partial charge in [0.05, 0.1) is 0 Å². The minimum absolute atomic E-state index is 0.104. The minimum Gasteiger partial charge on any atom is -0.462 e. The Balaban J connectivity index is 4.23. The van der Waals surface area contributed by atoms with E-state index >= 15 is 0 Å². The van der Waals surface area contributed by atoms with Crippen LogP contribution in [-0.4, -0.2) is 37.2 Å². The van der Waals surface area contributed by atoms with E-state index in [4.69, 9.17) is 14.2 Å². The fourth-order valence-corrected chi connectivity index (χ4v) is 7.79. The summed E-state index contributed by atoms with van der Waals surface area (Å²) in [4.78, 5) is 37.9. The maximum atomic E-state index is 12.8. The molecule has 0 N–H and O–H groups in total. The summed E-state index contributed by atoms with van der Waals surface area (Å²) in [6.07, 6.45) is 97.9. The fraction of sp³-hybridized carbons (Fsp3) is 0.548. The van der Waals surface area contributed by atoms with Crippen LogP contribution in [0.4, 0.5) is 0 Å². The Hall–Kier alpha value is -5.49. The maximum Gasteiger partial charge on any atom is 0.306 e. The molecule has 0 aliphatic carbocycles. The van der Waals surface area contributed by atoms with Crippen LogP contribution in [0.2, 0.25) is 0 Å². The molecule has 0 heterocycles. The predicted octanol–water partition coefficient (Wildman–Crippen LogP) is 21.7. The molecular weight excluding hydrogens is 973 g/mol. The van der Waals surface area contributed by atoms with Gasteiger partial charge in [-0.3, -0.25) is 14.4 Å². The van der Waals surface area contributed by atoms with Gasteiger partial charge in [0.25, 0.3) is 0 Å². The first kappa shape index (κ1) is 73.5. The van der Waals surface area contributed by atoms with Crippen LogP contribution >= 0.6 is 0 Å². The molecule has 1 atom stereocenters. The van der Waals surface area contributed by atoms with Gasteiger partial charge >= 0.3 is 17.9 Å². The summed E-state index contributed by atoms with van der Waals surface area (Å²) in [5.41, 5.74) is 0. The largest absolute Gasteiger partial charge is 0.462 e. The highest BCUT2D eigenvalue weighted by molar-refractivity contribution is 5.71. The Labute approximate surface area is 484 Å². The third-order valence-corrected chi connectivity index (χ3v) is 12.4. The molecule has 0 aromatic carbocycles. The van der Waals surface area contributed by atoms with E-state index in [1.54, 1.807) is 0 Å². The SMILES string of the molecule is CC/C=C\C/C=C\C/C=C\C/C=C\C/C=C\C/C=C\C/C=C\C/C=C\CCCCCCC(=O)OCC(COC(=O)CCCCCCC)OC(=O)CCCCCCC/C=C\C/C=C\C/C=C\C/C=C\C/C=C\C/C=C\C/C=C\CC. The molecule has 0 amide bonds. The van der Waals surface area contributed by atoms with Gasteiger partial charge in [0, 0.05) is 19.3 Å². The Morgan fingerprint density at radius 3 is 0.772 bits per heavy atom. The molecule has 0 aromatic heterocycles. The van der Waals surface area contributed by atoms with E-state index in [1.807, 2.05) is 0 Å². The number of allylic oxidation sites excluding steroid dienone is 30. The van der Waals surface area contributed by atoms with Crippen molar-refractivity contribution in [2.24, 2.45) is 0 Å². The zero-order chi connectivity index (χ0) is 57.1. The third kappa shape index (κ3) is 63.2. The van der Waals surface area contributed by atoms with E-state index in [9.17, 15) is 14.4 Å². The van der Waals surface area contributed by atoms with Crippen LogP contribution in [0.3, 0.4) is 0 Å².